The number of hydrogen-bond donors (Lipinski definition) is 1. The van der Waals surface area contributed by atoms with E-state index in [0.717, 1.165) is 24.3 Å². The Balaban J connectivity index is 2.28. The first kappa shape index (κ1) is 10.3. The Morgan fingerprint density at radius 2 is 2.13 bits per heavy atom. The number of benzene rings is 1. The predicted octanol–water partition coefficient (Wildman–Crippen LogP) is 3.01. The van der Waals surface area contributed by atoms with Gasteiger partial charge in [0.25, 0.3) is 0 Å². The highest BCUT2D eigenvalue weighted by molar-refractivity contribution is 5.48. The van der Waals surface area contributed by atoms with Gasteiger partial charge in [-0.1, -0.05) is 13.8 Å². The molecule has 1 aromatic carbocycles. The van der Waals surface area contributed by atoms with Crippen molar-refractivity contribution in [1.82, 2.24) is 0 Å². The third-order valence-electron chi connectivity index (χ3n) is 3.30. The van der Waals surface area contributed by atoms with Gasteiger partial charge < -0.3 is 10.5 Å². The normalized spacial score (nSPS) is 24.4. The van der Waals surface area contributed by atoms with Crippen LogP contribution in [0.1, 0.15) is 32.3 Å². The molecule has 0 saturated heterocycles. The Hall–Kier alpha value is -1.18. The van der Waals surface area contributed by atoms with Gasteiger partial charge in [0.1, 0.15) is 11.9 Å². The molecule has 2 nitrogen and oxygen atoms in total. The molecule has 0 unspecified atom stereocenters. The molecule has 0 bridgehead atoms. The summed E-state index contributed by atoms with van der Waals surface area (Å²) in [7, 11) is 0. The summed E-state index contributed by atoms with van der Waals surface area (Å²) in [6, 6.07) is 5.96. The van der Waals surface area contributed by atoms with Gasteiger partial charge in [-0.3, -0.25) is 0 Å². The van der Waals surface area contributed by atoms with Gasteiger partial charge in [-0.25, -0.2) is 0 Å². The summed E-state index contributed by atoms with van der Waals surface area (Å²) in [4.78, 5) is 0. The van der Waals surface area contributed by atoms with Crippen molar-refractivity contribution in [2.24, 2.45) is 5.92 Å². The van der Waals surface area contributed by atoms with Gasteiger partial charge in [-0.05, 0) is 48.9 Å². The van der Waals surface area contributed by atoms with E-state index in [1.807, 2.05) is 18.2 Å². The van der Waals surface area contributed by atoms with Gasteiger partial charge in [0.2, 0.25) is 0 Å². The fraction of sp³-hybridized carbons (Fsp3) is 0.538. The number of nitrogens with two attached hydrogens (primary N) is 1. The van der Waals surface area contributed by atoms with E-state index in [4.69, 9.17) is 10.5 Å². The van der Waals surface area contributed by atoms with Crippen LogP contribution in [-0.4, -0.2) is 6.10 Å². The van der Waals surface area contributed by atoms with Crippen molar-refractivity contribution >= 4 is 5.69 Å². The molecule has 82 valence electrons. The van der Waals surface area contributed by atoms with Gasteiger partial charge >= 0.3 is 0 Å². The van der Waals surface area contributed by atoms with E-state index in [9.17, 15) is 0 Å². The molecule has 0 radical (unpaired) electrons. The van der Waals surface area contributed by atoms with Gasteiger partial charge in [0, 0.05) is 5.69 Å². The molecule has 0 aliphatic carbocycles. The molecule has 1 aliphatic heterocycles. The molecule has 0 spiro atoms. The van der Waals surface area contributed by atoms with Crippen LogP contribution in [0.5, 0.6) is 5.75 Å². The topological polar surface area (TPSA) is 35.2 Å². The summed E-state index contributed by atoms with van der Waals surface area (Å²) < 4.78 is 5.98. The second-order valence-corrected chi connectivity index (χ2v) is 4.30. The van der Waals surface area contributed by atoms with Crippen molar-refractivity contribution in [2.75, 3.05) is 5.73 Å². The Kier molecular flexibility index (Phi) is 2.85. The molecule has 0 saturated carbocycles. The van der Waals surface area contributed by atoms with Crippen LogP contribution in [0.25, 0.3) is 0 Å². The molecule has 0 amide bonds. The summed E-state index contributed by atoms with van der Waals surface area (Å²) in [6.45, 7) is 4.42. The van der Waals surface area contributed by atoms with Crippen LogP contribution in [0.4, 0.5) is 5.69 Å². The predicted molar refractivity (Wildman–Crippen MR) is 63.0 cm³/mol. The molecule has 15 heavy (non-hydrogen) atoms. The lowest BCUT2D eigenvalue weighted by Gasteiger charge is -2.32. The van der Waals surface area contributed by atoms with Crippen LogP contribution in [0, 0.1) is 5.92 Å². The summed E-state index contributed by atoms with van der Waals surface area (Å²) in [5.41, 5.74) is 7.89. The number of nitrogen functional groups attached to an aromatic ring is 1. The molecule has 2 atom stereocenters. The van der Waals surface area contributed by atoms with Crippen molar-refractivity contribution < 1.29 is 4.74 Å². The standard InChI is InChI=1S/C13H19NO/c1-3-9-7-10-8-11(14)5-6-13(10)15-12(9)4-2/h5-6,8-9,12H,3-4,7,14H2,1-2H3/t9-,12+/m0/s1. The first-order valence-corrected chi connectivity index (χ1v) is 5.79. The summed E-state index contributed by atoms with van der Waals surface area (Å²) in [5, 5.41) is 0. The molecule has 0 fully saturated rings. The highest BCUT2D eigenvalue weighted by Crippen LogP contribution is 2.34. The van der Waals surface area contributed by atoms with Crippen molar-refractivity contribution in [3.05, 3.63) is 23.8 Å². The van der Waals surface area contributed by atoms with Crippen LogP contribution in [-0.2, 0) is 6.42 Å². The number of rotatable bonds is 2. The smallest absolute Gasteiger partial charge is 0.123 e. The Morgan fingerprint density at radius 1 is 1.33 bits per heavy atom. The fourth-order valence-electron chi connectivity index (χ4n) is 2.37. The molecule has 1 aromatic rings. The highest BCUT2D eigenvalue weighted by Gasteiger charge is 2.27. The zero-order valence-corrected chi connectivity index (χ0v) is 9.49. The monoisotopic (exact) mass is 205 g/mol. The number of ether oxygens (including phenoxy) is 1. The summed E-state index contributed by atoms with van der Waals surface area (Å²) in [5.74, 6) is 1.67. The lowest BCUT2D eigenvalue weighted by Crippen LogP contribution is -2.31. The number of hydrogen-bond acceptors (Lipinski definition) is 2. The lowest BCUT2D eigenvalue weighted by atomic mass is 9.87. The van der Waals surface area contributed by atoms with Crippen molar-refractivity contribution in [3.63, 3.8) is 0 Å². The van der Waals surface area contributed by atoms with Crippen LogP contribution in [0.2, 0.25) is 0 Å². The third-order valence-corrected chi connectivity index (χ3v) is 3.30. The second kappa shape index (κ2) is 4.13. The fourth-order valence-corrected chi connectivity index (χ4v) is 2.37. The summed E-state index contributed by atoms with van der Waals surface area (Å²) >= 11 is 0. The first-order valence-electron chi connectivity index (χ1n) is 5.79. The Morgan fingerprint density at radius 3 is 2.80 bits per heavy atom. The molecule has 2 N–H and O–H groups in total. The van der Waals surface area contributed by atoms with Crippen molar-refractivity contribution in [1.29, 1.82) is 0 Å². The minimum absolute atomic E-state index is 0.381. The first-order chi connectivity index (χ1) is 7.24. The van der Waals surface area contributed by atoms with Gasteiger partial charge in [0.05, 0.1) is 0 Å². The maximum absolute atomic E-state index is 5.98. The average Bonchev–Trinajstić information content (AvgIpc) is 2.27. The van der Waals surface area contributed by atoms with Crippen molar-refractivity contribution in [2.45, 2.75) is 39.2 Å². The van der Waals surface area contributed by atoms with E-state index >= 15 is 0 Å². The molecule has 0 aromatic heterocycles. The number of anilines is 1. The SMILES string of the molecule is CC[C@H]1Cc2cc(N)ccc2O[C@@H]1CC. The largest absolute Gasteiger partial charge is 0.490 e. The minimum Gasteiger partial charge on any atom is -0.490 e. The molecular formula is C13H19NO. The molecule has 2 rings (SSSR count). The van der Waals surface area contributed by atoms with E-state index in [1.165, 1.54) is 12.0 Å². The number of fused-ring (bicyclic) bond motifs is 1. The second-order valence-electron chi connectivity index (χ2n) is 4.30. The molecule has 2 heteroatoms. The van der Waals surface area contributed by atoms with Crippen LogP contribution < -0.4 is 10.5 Å². The Labute approximate surface area is 91.4 Å². The maximum Gasteiger partial charge on any atom is 0.123 e. The van der Waals surface area contributed by atoms with Gasteiger partial charge in [-0.15, -0.1) is 0 Å². The Bertz CT molecular complexity index is 348. The quantitative estimate of drug-likeness (QED) is 0.753. The van der Waals surface area contributed by atoms with Gasteiger partial charge in [-0.2, -0.15) is 0 Å². The maximum atomic E-state index is 5.98. The van der Waals surface area contributed by atoms with E-state index in [-0.39, 0.29) is 0 Å². The minimum atomic E-state index is 0.381. The van der Waals surface area contributed by atoms with E-state index in [0.29, 0.717) is 12.0 Å². The molecular weight excluding hydrogens is 186 g/mol. The third kappa shape index (κ3) is 1.94. The van der Waals surface area contributed by atoms with E-state index in [2.05, 4.69) is 13.8 Å². The average molecular weight is 205 g/mol. The van der Waals surface area contributed by atoms with Crippen molar-refractivity contribution in [3.8, 4) is 5.75 Å². The van der Waals surface area contributed by atoms with Crippen LogP contribution in [0.15, 0.2) is 18.2 Å². The molecule has 1 aliphatic rings. The highest BCUT2D eigenvalue weighted by atomic mass is 16.5. The lowest BCUT2D eigenvalue weighted by molar-refractivity contribution is 0.106. The summed E-state index contributed by atoms with van der Waals surface area (Å²) in [6.07, 6.45) is 3.75. The molecule has 1 heterocycles. The zero-order chi connectivity index (χ0) is 10.8. The zero-order valence-electron chi connectivity index (χ0n) is 9.49. The van der Waals surface area contributed by atoms with Gasteiger partial charge in [0.15, 0.2) is 0 Å². The van der Waals surface area contributed by atoms with E-state index in [1.54, 1.807) is 0 Å². The van der Waals surface area contributed by atoms with Crippen LogP contribution in [0.3, 0.4) is 0 Å². The van der Waals surface area contributed by atoms with E-state index < -0.39 is 0 Å². The van der Waals surface area contributed by atoms with Crippen LogP contribution >= 0.6 is 0 Å².